The van der Waals surface area contributed by atoms with Gasteiger partial charge in [0, 0.05) is 11.8 Å². The van der Waals surface area contributed by atoms with Crippen molar-refractivity contribution in [3.63, 3.8) is 0 Å². The molecular formula is C13H19ClN4O2. The largest absolute Gasteiger partial charge is 0.373 e. The molecule has 0 aliphatic heterocycles. The highest BCUT2D eigenvalue weighted by atomic mass is 35.5. The van der Waals surface area contributed by atoms with Gasteiger partial charge >= 0.3 is 0 Å². The van der Waals surface area contributed by atoms with Crippen LogP contribution < -0.4 is 5.73 Å². The van der Waals surface area contributed by atoms with Crippen LogP contribution in [-0.2, 0) is 11.3 Å². The summed E-state index contributed by atoms with van der Waals surface area (Å²) in [6.45, 7) is 6.23. The Labute approximate surface area is 124 Å². The number of nitrogens with two attached hydrogens (primary N) is 1. The maximum absolute atomic E-state index is 5.69. The van der Waals surface area contributed by atoms with E-state index < -0.39 is 0 Å². The zero-order valence-electron chi connectivity index (χ0n) is 11.7. The number of hydrogen-bond acceptors (Lipinski definition) is 6. The first-order chi connectivity index (χ1) is 9.06. The number of nitrogens with zero attached hydrogens (tertiary/aromatic N) is 3. The molecule has 20 heavy (non-hydrogen) atoms. The second-order valence-electron chi connectivity index (χ2n) is 4.64. The number of halogens is 1. The smallest absolute Gasteiger partial charge is 0.243 e. The van der Waals surface area contributed by atoms with Gasteiger partial charge in [-0.25, -0.2) is 0 Å². The molecule has 1 unspecified atom stereocenters. The van der Waals surface area contributed by atoms with Crippen molar-refractivity contribution < 1.29 is 9.26 Å². The van der Waals surface area contributed by atoms with Gasteiger partial charge in [-0.3, -0.25) is 4.98 Å². The summed E-state index contributed by atoms with van der Waals surface area (Å²) in [7, 11) is 0. The van der Waals surface area contributed by atoms with Gasteiger partial charge < -0.3 is 15.0 Å². The zero-order chi connectivity index (χ0) is 13.8. The van der Waals surface area contributed by atoms with Gasteiger partial charge in [0.15, 0.2) is 0 Å². The van der Waals surface area contributed by atoms with Gasteiger partial charge in [0.1, 0.15) is 0 Å². The van der Waals surface area contributed by atoms with Crippen molar-refractivity contribution in [3.05, 3.63) is 29.9 Å². The Bertz CT molecular complexity index is 543. The molecule has 0 saturated heterocycles. The molecule has 0 radical (unpaired) electrons. The van der Waals surface area contributed by atoms with Gasteiger partial charge in [0.2, 0.25) is 11.7 Å². The molecule has 0 aliphatic carbocycles. The summed E-state index contributed by atoms with van der Waals surface area (Å²) in [5.41, 5.74) is 7.36. The second-order valence-corrected chi connectivity index (χ2v) is 4.64. The summed E-state index contributed by atoms with van der Waals surface area (Å²) < 4.78 is 10.6. The van der Waals surface area contributed by atoms with Crippen LogP contribution in [0, 0.1) is 0 Å². The molecule has 0 spiro atoms. The number of ether oxygens (including phenoxy) is 1. The summed E-state index contributed by atoms with van der Waals surface area (Å²) >= 11 is 0. The topological polar surface area (TPSA) is 87.1 Å². The van der Waals surface area contributed by atoms with E-state index in [0.29, 0.717) is 18.3 Å². The number of hydrogen-bond donors (Lipinski definition) is 1. The highest BCUT2D eigenvalue weighted by Crippen LogP contribution is 2.18. The van der Waals surface area contributed by atoms with Crippen LogP contribution in [0.3, 0.4) is 0 Å². The molecule has 0 saturated carbocycles. The lowest BCUT2D eigenvalue weighted by Gasteiger charge is -2.06. The molecule has 2 rings (SSSR count). The molecule has 0 amide bonds. The fourth-order valence-corrected chi connectivity index (χ4v) is 1.49. The molecule has 7 heteroatoms. The Morgan fingerprint density at radius 1 is 1.35 bits per heavy atom. The standard InChI is InChI=1S/C13H18N4O2.ClH/c1-8(2)18-7-11-6-10(4-5-15-11)12-16-13(9(3)14)19-17-12;/h4-6,8-9H,7,14H2,1-3H3;1H. The molecule has 2 heterocycles. The molecule has 110 valence electrons. The lowest BCUT2D eigenvalue weighted by molar-refractivity contribution is 0.0636. The quantitative estimate of drug-likeness (QED) is 0.912. The molecule has 2 N–H and O–H groups in total. The maximum atomic E-state index is 5.69. The van der Waals surface area contributed by atoms with Crippen molar-refractivity contribution in [1.29, 1.82) is 0 Å². The lowest BCUT2D eigenvalue weighted by atomic mass is 10.2. The van der Waals surface area contributed by atoms with Crippen LogP contribution in [0.1, 0.15) is 38.4 Å². The molecule has 0 fully saturated rings. The van der Waals surface area contributed by atoms with E-state index >= 15 is 0 Å². The monoisotopic (exact) mass is 298 g/mol. The normalized spacial score (nSPS) is 12.2. The van der Waals surface area contributed by atoms with Crippen molar-refractivity contribution >= 4 is 12.4 Å². The second kappa shape index (κ2) is 7.33. The first kappa shape index (κ1) is 16.6. The van der Waals surface area contributed by atoms with E-state index in [9.17, 15) is 0 Å². The van der Waals surface area contributed by atoms with Gasteiger partial charge in [-0.05, 0) is 32.9 Å². The molecular weight excluding hydrogens is 280 g/mol. The van der Waals surface area contributed by atoms with Crippen LogP contribution >= 0.6 is 12.4 Å². The summed E-state index contributed by atoms with van der Waals surface area (Å²) in [6.07, 6.45) is 1.87. The summed E-state index contributed by atoms with van der Waals surface area (Å²) in [4.78, 5) is 8.49. The van der Waals surface area contributed by atoms with Crippen LogP contribution in [0.4, 0.5) is 0 Å². The highest BCUT2D eigenvalue weighted by molar-refractivity contribution is 5.85. The van der Waals surface area contributed by atoms with Crippen molar-refractivity contribution in [2.45, 2.75) is 39.5 Å². The Balaban J connectivity index is 0.00000200. The fraction of sp³-hybridized carbons (Fsp3) is 0.462. The fourth-order valence-electron chi connectivity index (χ4n) is 1.49. The van der Waals surface area contributed by atoms with Gasteiger partial charge in [-0.2, -0.15) is 4.98 Å². The third-order valence-electron chi connectivity index (χ3n) is 2.47. The Hall–Kier alpha value is -1.50. The third kappa shape index (κ3) is 4.26. The molecule has 0 aliphatic rings. The molecule has 2 aromatic heterocycles. The van der Waals surface area contributed by atoms with Crippen LogP contribution in [0.25, 0.3) is 11.4 Å². The first-order valence-electron chi connectivity index (χ1n) is 6.22. The van der Waals surface area contributed by atoms with E-state index in [-0.39, 0.29) is 24.6 Å². The molecule has 6 nitrogen and oxygen atoms in total. The van der Waals surface area contributed by atoms with Crippen molar-refractivity contribution in [2.24, 2.45) is 5.73 Å². The van der Waals surface area contributed by atoms with Gasteiger partial charge in [-0.15, -0.1) is 12.4 Å². The Morgan fingerprint density at radius 3 is 2.70 bits per heavy atom. The van der Waals surface area contributed by atoms with E-state index in [1.807, 2.05) is 26.0 Å². The minimum absolute atomic E-state index is 0. The van der Waals surface area contributed by atoms with Crippen molar-refractivity contribution in [3.8, 4) is 11.4 Å². The average Bonchev–Trinajstić information content (AvgIpc) is 2.86. The number of pyridine rings is 1. The lowest BCUT2D eigenvalue weighted by Crippen LogP contribution is -2.05. The van der Waals surface area contributed by atoms with Gasteiger partial charge in [-0.1, -0.05) is 5.16 Å². The van der Waals surface area contributed by atoms with Crippen LogP contribution in [0.5, 0.6) is 0 Å². The minimum atomic E-state index is -0.271. The molecule has 0 aromatic carbocycles. The Kier molecular flexibility index (Phi) is 6.06. The minimum Gasteiger partial charge on any atom is -0.373 e. The third-order valence-corrected chi connectivity index (χ3v) is 2.47. The highest BCUT2D eigenvalue weighted by Gasteiger charge is 2.12. The van der Waals surface area contributed by atoms with E-state index in [0.717, 1.165) is 11.3 Å². The van der Waals surface area contributed by atoms with Crippen LogP contribution in [0.15, 0.2) is 22.9 Å². The van der Waals surface area contributed by atoms with Crippen LogP contribution in [0.2, 0.25) is 0 Å². The van der Waals surface area contributed by atoms with Gasteiger partial charge in [0.05, 0.1) is 24.4 Å². The van der Waals surface area contributed by atoms with Crippen molar-refractivity contribution in [1.82, 2.24) is 15.1 Å². The summed E-state index contributed by atoms with van der Waals surface area (Å²) in [5, 5.41) is 3.91. The van der Waals surface area contributed by atoms with Crippen LogP contribution in [-0.4, -0.2) is 21.2 Å². The number of aromatic nitrogens is 3. The predicted octanol–water partition coefficient (Wildman–Crippen LogP) is 2.50. The summed E-state index contributed by atoms with van der Waals surface area (Å²) in [6, 6.07) is 3.44. The zero-order valence-corrected chi connectivity index (χ0v) is 12.6. The van der Waals surface area contributed by atoms with Gasteiger partial charge in [0.25, 0.3) is 0 Å². The number of rotatable bonds is 5. The molecule has 1 atom stereocenters. The molecule has 0 bridgehead atoms. The van der Waals surface area contributed by atoms with E-state index in [4.69, 9.17) is 15.0 Å². The SMILES string of the molecule is CC(C)OCc1cc(-c2noc(C(C)N)n2)ccn1.Cl. The maximum Gasteiger partial charge on any atom is 0.243 e. The van der Waals surface area contributed by atoms with Crippen molar-refractivity contribution in [2.75, 3.05) is 0 Å². The van der Waals surface area contributed by atoms with E-state index in [2.05, 4.69) is 15.1 Å². The first-order valence-corrected chi connectivity index (χ1v) is 6.22. The van der Waals surface area contributed by atoms with E-state index in [1.165, 1.54) is 0 Å². The Morgan fingerprint density at radius 2 is 2.10 bits per heavy atom. The predicted molar refractivity (Wildman–Crippen MR) is 77.3 cm³/mol. The summed E-state index contributed by atoms with van der Waals surface area (Å²) in [5.74, 6) is 0.937. The molecule has 2 aromatic rings. The van der Waals surface area contributed by atoms with E-state index in [1.54, 1.807) is 13.1 Å². The average molecular weight is 299 g/mol.